The Labute approximate surface area is 138 Å². The number of carbonyl (C=O) groups is 2. The van der Waals surface area contributed by atoms with Gasteiger partial charge in [0.15, 0.2) is 0 Å². The molecule has 5 N–H and O–H groups in total. The molecule has 0 atom stereocenters. The van der Waals surface area contributed by atoms with Crippen molar-refractivity contribution in [2.45, 2.75) is 32.9 Å². The van der Waals surface area contributed by atoms with E-state index in [0.29, 0.717) is 17.1 Å². The third-order valence-corrected chi connectivity index (χ3v) is 2.89. The maximum atomic E-state index is 11.7. The predicted molar refractivity (Wildman–Crippen MR) is 86.3 cm³/mol. The maximum absolute atomic E-state index is 11.7. The number of amides is 1. The smallest absolute Gasteiger partial charge is 0.407 e. The standard InChI is InChI=1S/C15H19N5O4/c1-15(2,3)24-14(23)18-7-11-8(12(21)22)6-10(19-11)9-4-5-17-13(16)20-9/h4-6,19H,7H2,1-3H3,(H,18,23)(H,21,22)(H2,16,17,20). The first-order valence-electron chi connectivity index (χ1n) is 7.16. The average molecular weight is 333 g/mol. The Morgan fingerprint density at radius 1 is 1.42 bits per heavy atom. The van der Waals surface area contributed by atoms with Crippen molar-refractivity contribution in [3.05, 3.63) is 29.6 Å². The topological polar surface area (TPSA) is 143 Å². The molecule has 0 bridgehead atoms. The van der Waals surface area contributed by atoms with E-state index in [1.54, 1.807) is 26.8 Å². The van der Waals surface area contributed by atoms with Crippen molar-refractivity contribution in [1.29, 1.82) is 0 Å². The first-order chi connectivity index (χ1) is 11.2. The molecule has 0 unspecified atom stereocenters. The lowest BCUT2D eigenvalue weighted by Crippen LogP contribution is -2.32. The molecule has 1 amide bonds. The summed E-state index contributed by atoms with van der Waals surface area (Å²) in [4.78, 5) is 33.8. The highest BCUT2D eigenvalue weighted by Crippen LogP contribution is 2.21. The monoisotopic (exact) mass is 333 g/mol. The van der Waals surface area contributed by atoms with Crippen LogP contribution in [0.4, 0.5) is 10.7 Å². The summed E-state index contributed by atoms with van der Waals surface area (Å²) in [6.07, 6.45) is 0.832. The number of nitrogens with zero attached hydrogens (tertiary/aromatic N) is 2. The van der Waals surface area contributed by atoms with E-state index in [0.717, 1.165) is 0 Å². The molecule has 0 aromatic carbocycles. The number of H-pyrrole nitrogens is 1. The number of carboxylic acid groups (broad SMARTS) is 1. The molecule has 0 aliphatic rings. The Kier molecular flexibility index (Phi) is 4.72. The lowest BCUT2D eigenvalue weighted by Gasteiger charge is -2.19. The first kappa shape index (κ1) is 17.3. The molecule has 128 valence electrons. The molecule has 0 spiro atoms. The van der Waals surface area contributed by atoms with Gasteiger partial charge in [-0.2, -0.15) is 0 Å². The molecule has 24 heavy (non-hydrogen) atoms. The highest BCUT2D eigenvalue weighted by atomic mass is 16.6. The number of ether oxygens (including phenoxy) is 1. The van der Waals surface area contributed by atoms with Gasteiger partial charge in [-0.05, 0) is 32.9 Å². The second-order valence-corrected chi connectivity index (χ2v) is 6.04. The Morgan fingerprint density at radius 3 is 2.71 bits per heavy atom. The van der Waals surface area contributed by atoms with Crippen LogP contribution in [0.3, 0.4) is 0 Å². The fraction of sp³-hybridized carbons (Fsp3) is 0.333. The van der Waals surface area contributed by atoms with Gasteiger partial charge in [-0.25, -0.2) is 19.6 Å². The van der Waals surface area contributed by atoms with Crippen LogP contribution in [-0.2, 0) is 11.3 Å². The van der Waals surface area contributed by atoms with Gasteiger partial charge in [-0.3, -0.25) is 0 Å². The number of rotatable bonds is 4. The molecule has 9 nitrogen and oxygen atoms in total. The minimum absolute atomic E-state index is 0.0262. The number of hydrogen-bond donors (Lipinski definition) is 4. The summed E-state index contributed by atoms with van der Waals surface area (Å²) in [7, 11) is 0. The van der Waals surface area contributed by atoms with Crippen molar-refractivity contribution in [1.82, 2.24) is 20.3 Å². The molecule has 2 aromatic heterocycles. The Morgan fingerprint density at radius 2 is 2.12 bits per heavy atom. The SMILES string of the molecule is CC(C)(C)OC(=O)NCc1[nH]c(-c2ccnc(N)n2)cc1C(=O)O. The number of aromatic nitrogens is 3. The number of hydrogen-bond acceptors (Lipinski definition) is 6. The van der Waals surface area contributed by atoms with Crippen LogP contribution in [0.15, 0.2) is 18.3 Å². The summed E-state index contributed by atoms with van der Waals surface area (Å²) in [6.45, 7) is 5.18. The van der Waals surface area contributed by atoms with Crippen LogP contribution < -0.4 is 11.1 Å². The molecule has 0 aliphatic carbocycles. The zero-order valence-corrected chi connectivity index (χ0v) is 13.6. The highest BCUT2D eigenvalue weighted by Gasteiger charge is 2.19. The van der Waals surface area contributed by atoms with Crippen LogP contribution in [0.2, 0.25) is 0 Å². The van der Waals surface area contributed by atoms with Crippen LogP contribution in [0, 0.1) is 0 Å². The summed E-state index contributed by atoms with van der Waals surface area (Å²) in [5.41, 5.74) is 6.15. The van der Waals surface area contributed by atoms with E-state index in [1.165, 1.54) is 12.3 Å². The van der Waals surface area contributed by atoms with Crippen LogP contribution in [0.25, 0.3) is 11.4 Å². The molecule has 0 saturated heterocycles. The molecular weight excluding hydrogens is 314 g/mol. The van der Waals surface area contributed by atoms with Crippen molar-refractivity contribution in [2.75, 3.05) is 5.73 Å². The normalized spacial score (nSPS) is 11.1. The van der Waals surface area contributed by atoms with Gasteiger partial charge in [0.1, 0.15) is 5.60 Å². The number of aromatic amines is 1. The van der Waals surface area contributed by atoms with Crippen LogP contribution in [0.1, 0.15) is 36.8 Å². The number of nitrogens with one attached hydrogen (secondary N) is 2. The lowest BCUT2D eigenvalue weighted by atomic mass is 10.2. The van der Waals surface area contributed by atoms with Gasteiger partial charge < -0.3 is 25.9 Å². The summed E-state index contributed by atoms with van der Waals surface area (Å²) < 4.78 is 5.12. The molecule has 2 heterocycles. The van der Waals surface area contributed by atoms with E-state index in [9.17, 15) is 14.7 Å². The molecule has 0 saturated carbocycles. The van der Waals surface area contributed by atoms with Crippen LogP contribution >= 0.6 is 0 Å². The number of alkyl carbamates (subject to hydrolysis) is 1. The van der Waals surface area contributed by atoms with Crippen LogP contribution in [0.5, 0.6) is 0 Å². The summed E-state index contributed by atoms with van der Waals surface area (Å²) in [5, 5.41) is 11.8. The Balaban J connectivity index is 2.20. The Hall–Kier alpha value is -3.10. The maximum Gasteiger partial charge on any atom is 0.407 e. The highest BCUT2D eigenvalue weighted by molar-refractivity contribution is 5.91. The largest absolute Gasteiger partial charge is 0.478 e. The molecule has 0 fully saturated rings. The molecule has 2 rings (SSSR count). The molecule has 9 heteroatoms. The zero-order valence-electron chi connectivity index (χ0n) is 13.6. The van der Waals surface area contributed by atoms with Gasteiger partial charge in [-0.1, -0.05) is 0 Å². The second kappa shape index (κ2) is 6.57. The summed E-state index contributed by atoms with van der Waals surface area (Å²) in [5.74, 6) is -1.05. The zero-order chi connectivity index (χ0) is 17.9. The number of carbonyl (C=O) groups excluding carboxylic acids is 1. The number of anilines is 1. The van der Waals surface area contributed by atoms with Crippen molar-refractivity contribution in [3.63, 3.8) is 0 Å². The lowest BCUT2D eigenvalue weighted by molar-refractivity contribution is 0.0520. The molecule has 0 radical (unpaired) electrons. The van der Waals surface area contributed by atoms with Crippen molar-refractivity contribution >= 4 is 18.0 Å². The van der Waals surface area contributed by atoms with E-state index in [4.69, 9.17) is 10.5 Å². The number of nitrogens with two attached hydrogens (primary N) is 1. The molecule has 0 aliphatic heterocycles. The van der Waals surface area contributed by atoms with Crippen molar-refractivity contribution in [2.24, 2.45) is 0 Å². The fourth-order valence-corrected chi connectivity index (χ4v) is 1.96. The summed E-state index contributed by atoms with van der Waals surface area (Å²) in [6, 6.07) is 3.02. The fourth-order valence-electron chi connectivity index (χ4n) is 1.96. The quantitative estimate of drug-likeness (QED) is 0.667. The van der Waals surface area contributed by atoms with Gasteiger partial charge >= 0.3 is 12.1 Å². The summed E-state index contributed by atoms with van der Waals surface area (Å²) >= 11 is 0. The number of carboxylic acids is 1. The van der Waals surface area contributed by atoms with Crippen molar-refractivity contribution < 1.29 is 19.4 Å². The molecular formula is C15H19N5O4. The van der Waals surface area contributed by atoms with Gasteiger partial charge in [0.05, 0.1) is 23.5 Å². The van der Waals surface area contributed by atoms with E-state index in [-0.39, 0.29) is 18.1 Å². The Bertz CT molecular complexity index is 763. The van der Waals surface area contributed by atoms with Gasteiger partial charge in [-0.15, -0.1) is 0 Å². The number of aromatic carboxylic acids is 1. The third kappa shape index (κ3) is 4.45. The van der Waals surface area contributed by atoms with Crippen LogP contribution in [-0.4, -0.2) is 37.7 Å². The number of nitrogen functional groups attached to an aromatic ring is 1. The second-order valence-electron chi connectivity index (χ2n) is 6.04. The minimum atomic E-state index is -1.12. The average Bonchev–Trinajstić information content (AvgIpc) is 2.88. The van der Waals surface area contributed by atoms with E-state index in [2.05, 4.69) is 20.3 Å². The predicted octanol–water partition coefficient (Wildman–Crippen LogP) is 1.78. The first-order valence-corrected chi connectivity index (χ1v) is 7.16. The van der Waals surface area contributed by atoms with Crippen molar-refractivity contribution in [3.8, 4) is 11.4 Å². The van der Waals surface area contributed by atoms with Gasteiger partial charge in [0.2, 0.25) is 5.95 Å². The van der Waals surface area contributed by atoms with E-state index < -0.39 is 17.7 Å². The van der Waals surface area contributed by atoms with E-state index in [1.807, 2.05) is 0 Å². The van der Waals surface area contributed by atoms with E-state index >= 15 is 0 Å². The van der Waals surface area contributed by atoms with Gasteiger partial charge in [0.25, 0.3) is 0 Å². The third-order valence-electron chi connectivity index (χ3n) is 2.89. The minimum Gasteiger partial charge on any atom is -0.478 e. The van der Waals surface area contributed by atoms with Gasteiger partial charge in [0, 0.05) is 11.9 Å². The molecule has 2 aromatic rings.